The highest BCUT2D eigenvalue weighted by Gasteiger charge is 2.09. The van der Waals surface area contributed by atoms with Crippen LogP contribution in [-0.2, 0) is 12.8 Å². The van der Waals surface area contributed by atoms with Gasteiger partial charge in [0, 0.05) is 42.8 Å². The van der Waals surface area contributed by atoms with Crippen LogP contribution in [0.3, 0.4) is 0 Å². The Labute approximate surface area is 177 Å². The molecule has 0 amide bonds. The molecular formula is C20H28IN5O. The quantitative estimate of drug-likeness (QED) is 0.286. The van der Waals surface area contributed by atoms with E-state index in [0.717, 1.165) is 43.3 Å². The number of hydrogen-bond acceptors (Lipinski definition) is 3. The molecule has 146 valence electrons. The predicted octanol–water partition coefficient (Wildman–Crippen LogP) is 3.65. The maximum atomic E-state index is 5.20. The summed E-state index contributed by atoms with van der Waals surface area (Å²) in [6, 6.07) is 6.41. The number of H-pyrrole nitrogens is 1. The van der Waals surface area contributed by atoms with Crippen molar-refractivity contribution in [2.75, 3.05) is 20.1 Å². The van der Waals surface area contributed by atoms with Crippen LogP contribution in [0.5, 0.6) is 0 Å². The van der Waals surface area contributed by atoms with Crippen molar-refractivity contribution in [3.05, 3.63) is 52.5 Å². The van der Waals surface area contributed by atoms with Crippen LogP contribution in [0.1, 0.15) is 28.1 Å². The minimum absolute atomic E-state index is 0. The largest absolute Gasteiger partial charge is 0.361 e. The van der Waals surface area contributed by atoms with Gasteiger partial charge >= 0.3 is 0 Å². The average molecular weight is 481 g/mol. The second-order valence-electron chi connectivity index (χ2n) is 6.54. The molecule has 3 N–H and O–H groups in total. The highest BCUT2D eigenvalue weighted by molar-refractivity contribution is 14.0. The molecule has 0 saturated carbocycles. The fraction of sp³-hybridized carbons (Fsp3) is 0.400. The van der Waals surface area contributed by atoms with Crippen molar-refractivity contribution >= 4 is 40.8 Å². The molecule has 0 aliphatic rings. The van der Waals surface area contributed by atoms with Crippen molar-refractivity contribution < 1.29 is 4.52 Å². The Balaban J connectivity index is 0.00000261. The van der Waals surface area contributed by atoms with E-state index in [1.807, 2.05) is 13.8 Å². The SMILES string of the molecule is CN=C(NCCc1c(C)noc1C)NCCc1c[nH]c2c(C)cccc12.I. The number of halogens is 1. The Bertz CT molecular complexity index is 893. The van der Waals surface area contributed by atoms with Gasteiger partial charge in [0.2, 0.25) is 0 Å². The van der Waals surface area contributed by atoms with Crippen molar-refractivity contribution in [3.63, 3.8) is 0 Å². The van der Waals surface area contributed by atoms with E-state index in [1.54, 1.807) is 7.05 Å². The van der Waals surface area contributed by atoms with E-state index in [0.29, 0.717) is 0 Å². The molecule has 0 spiro atoms. The molecule has 0 unspecified atom stereocenters. The van der Waals surface area contributed by atoms with E-state index >= 15 is 0 Å². The molecule has 2 aromatic heterocycles. The fourth-order valence-corrected chi connectivity index (χ4v) is 3.27. The molecule has 3 aromatic rings. The molecule has 27 heavy (non-hydrogen) atoms. The van der Waals surface area contributed by atoms with Crippen LogP contribution in [-0.4, -0.2) is 36.2 Å². The first kappa shape index (κ1) is 21.3. The first-order valence-electron chi connectivity index (χ1n) is 9.02. The minimum atomic E-state index is 0. The van der Waals surface area contributed by atoms with Gasteiger partial charge in [-0.05, 0) is 44.7 Å². The van der Waals surface area contributed by atoms with Gasteiger partial charge in [-0.15, -0.1) is 24.0 Å². The molecule has 0 aliphatic carbocycles. The third-order valence-corrected chi connectivity index (χ3v) is 4.77. The number of aromatic nitrogens is 2. The van der Waals surface area contributed by atoms with Crippen molar-refractivity contribution in [1.82, 2.24) is 20.8 Å². The number of para-hydroxylation sites is 1. The second kappa shape index (κ2) is 9.77. The van der Waals surface area contributed by atoms with Gasteiger partial charge in [0.25, 0.3) is 0 Å². The molecule has 1 aromatic carbocycles. The van der Waals surface area contributed by atoms with Crippen LogP contribution >= 0.6 is 24.0 Å². The van der Waals surface area contributed by atoms with Crippen LogP contribution in [0.25, 0.3) is 10.9 Å². The van der Waals surface area contributed by atoms with E-state index < -0.39 is 0 Å². The van der Waals surface area contributed by atoms with Gasteiger partial charge in [0.1, 0.15) is 5.76 Å². The third-order valence-electron chi connectivity index (χ3n) is 4.77. The number of hydrogen-bond donors (Lipinski definition) is 3. The third kappa shape index (κ3) is 5.03. The fourth-order valence-electron chi connectivity index (χ4n) is 3.27. The van der Waals surface area contributed by atoms with E-state index in [9.17, 15) is 0 Å². The molecule has 0 radical (unpaired) electrons. The molecule has 0 aliphatic heterocycles. The highest BCUT2D eigenvalue weighted by Crippen LogP contribution is 2.21. The van der Waals surface area contributed by atoms with Crippen LogP contribution < -0.4 is 10.6 Å². The first-order valence-corrected chi connectivity index (χ1v) is 9.02. The van der Waals surface area contributed by atoms with Crippen LogP contribution in [0, 0.1) is 20.8 Å². The smallest absolute Gasteiger partial charge is 0.190 e. The van der Waals surface area contributed by atoms with Gasteiger partial charge in [0.05, 0.1) is 5.69 Å². The highest BCUT2D eigenvalue weighted by atomic mass is 127. The molecule has 2 heterocycles. The van der Waals surface area contributed by atoms with Crippen LogP contribution in [0.15, 0.2) is 33.9 Å². The molecule has 0 bridgehead atoms. The zero-order chi connectivity index (χ0) is 18.5. The lowest BCUT2D eigenvalue weighted by atomic mass is 10.1. The zero-order valence-corrected chi connectivity index (χ0v) is 18.7. The number of aliphatic imine (C=N–C) groups is 1. The first-order chi connectivity index (χ1) is 12.6. The molecule has 6 nitrogen and oxygen atoms in total. The summed E-state index contributed by atoms with van der Waals surface area (Å²) in [7, 11) is 1.79. The standard InChI is InChI=1S/C20H27N5O.HI/c1-13-6-5-7-18-16(12-24-19(13)18)8-10-22-20(21-4)23-11-9-17-14(2)25-26-15(17)3;/h5-7,12,24H,8-11H2,1-4H3,(H2,21,22,23);1H. The maximum Gasteiger partial charge on any atom is 0.190 e. The summed E-state index contributed by atoms with van der Waals surface area (Å²) in [5.41, 5.74) is 5.95. The van der Waals surface area contributed by atoms with Gasteiger partial charge in [0.15, 0.2) is 5.96 Å². The normalized spacial score (nSPS) is 11.5. The summed E-state index contributed by atoms with van der Waals surface area (Å²) in [4.78, 5) is 7.68. The lowest BCUT2D eigenvalue weighted by molar-refractivity contribution is 0.392. The van der Waals surface area contributed by atoms with Gasteiger partial charge in [-0.3, -0.25) is 4.99 Å². The molecule has 0 atom stereocenters. The molecular weight excluding hydrogens is 453 g/mol. The van der Waals surface area contributed by atoms with E-state index in [4.69, 9.17) is 4.52 Å². The Kier molecular flexibility index (Phi) is 7.70. The number of nitrogens with zero attached hydrogens (tertiary/aromatic N) is 2. The summed E-state index contributed by atoms with van der Waals surface area (Å²) in [5, 5.41) is 12.0. The summed E-state index contributed by atoms with van der Waals surface area (Å²) in [5.74, 6) is 1.70. The summed E-state index contributed by atoms with van der Waals surface area (Å²) in [6.45, 7) is 7.67. The van der Waals surface area contributed by atoms with Crippen molar-refractivity contribution in [1.29, 1.82) is 0 Å². The molecule has 7 heteroatoms. The number of nitrogens with one attached hydrogen (secondary N) is 3. The molecule has 0 fully saturated rings. The van der Waals surface area contributed by atoms with Crippen molar-refractivity contribution in [2.24, 2.45) is 4.99 Å². The Morgan fingerprint density at radius 3 is 2.56 bits per heavy atom. The summed E-state index contributed by atoms with van der Waals surface area (Å²) < 4.78 is 5.20. The van der Waals surface area contributed by atoms with Gasteiger partial charge in [-0.25, -0.2) is 0 Å². The minimum Gasteiger partial charge on any atom is -0.361 e. The lowest BCUT2D eigenvalue weighted by Crippen LogP contribution is -2.39. The van der Waals surface area contributed by atoms with E-state index in [1.165, 1.54) is 27.6 Å². The predicted molar refractivity (Wildman–Crippen MR) is 121 cm³/mol. The van der Waals surface area contributed by atoms with Gasteiger partial charge < -0.3 is 20.1 Å². The maximum absolute atomic E-state index is 5.20. The number of guanidine groups is 1. The number of benzene rings is 1. The molecule has 0 saturated heterocycles. The van der Waals surface area contributed by atoms with E-state index in [2.05, 4.69) is 57.1 Å². The van der Waals surface area contributed by atoms with Crippen LogP contribution in [0.2, 0.25) is 0 Å². The number of fused-ring (bicyclic) bond motifs is 1. The van der Waals surface area contributed by atoms with Crippen molar-refractivity contribution in [2.45, 2.75) is 33.6 Å². The van der Waals surface area contributed by atoms with Crippen molar-refractivity contribution in [3.8, 4) is 0 Å². The zero-order valence-electron chi connectivity index (χ0n) is 16.3. The number of rotatable bonds is 6. The van der Waals surface area contributed by atoms with Gasteiger partial charge in [-0.2, -0.15) is 0 Å². The Morgan fingerprint density at radius 1 is 1.15 bits per heavy atom. The Morgan fingerprint density at radius 2 is 1.89 bits per heavy atom. The second-order valence-corrected chi connectivity index (χ2v) is 6.54. The number of aryl methyl sites for hydroxylation is 3. The number of aromatic amines is 1. The molecule has 3 rings (SSSR count). The lowest BCUT2D eigenvalue weighted by Gasteiger charge is -2.11. The average Bonchev–Trinajstić information content (AvgIpc) is 3.19. The topological polar surface area (TPSA) is 78.2 Å². The van der Waals surface area contributed by atoms with E-state index in [-0.39, 0.29) is 24.0 Å². The van der Waals surface area contributed by atoms with Gasteiger partial charge in [-0.1, -0.05) is 23.4 Å². The summed E-state index contributed by atoms with van der Waals surface area (Å²) >= 11 is 0. The summed E-state index contributed by atoms with van der Waals surface area (Å²) in [6.07, 6.45) is 3.91. The Hall–Kier alpha value is -2.03. The monoisotopic (exact) mass is 481 g/mol. The van der Waals surface area contributed by atoms with Crippen LogP contribution in [0.4, 0.5) is 0 Å².